The smallest absolute Gasteiger partial charge is 0.274 e. The zero-order valence-electron chi connectivity index (χ0n) is 13.7. The van der Waals surface area contributed by atoms with Crippen molar-refractivity contribution >= 4 is 23.0 Å². The summed E-state index contributed by atoms with van der Waals surface area (Å²) >= 11 is 0. The van der Waals surface area contributed by atoms with E-state index in [0.717, 1.165) is 5.56 Å². The third kappa shape index (κ3) is 4.01. The molecule has 0 aliphatic rings. The van der Waals surface area contributed by atoms with Gasteiger partial charge in [-0.25, -0.2) is 0 Å². The monoisotopic (exact) mass is 328 g/mol. The molecule has 2 aromatic carbocycles. The van der Waals surface area contributed by atoms with Crippen molar-refractivity contribution in [2.45, 2.75) is 6.92 Å². The van der Waals surface area contributed by atoms with E-state index in [1.807, 2.05) is 43.3 Å². The highest BCUT2D eigenvalue weighted by atomic mass is 16.1. The van der Waals surface area contributed by atoms with Crippen molar-refractivity contribution in [3.05, 3.63) is 83.7 Å². The molecule has 5 nitrogen and oxygen atoms in total. The minimum absolute atomic E-state index is 0.291. The van der Waals surface area contributed by atoms with Gasteiger partial charge < -0.3 is 10.6 Å². The Balaban J connectivity index is 1.78. The van der Waals surface area contributed by atoms with E-state index in [9.17, 15) is 4.79 Å². The molecule has 25 heavy (non-hydrogen) atoms. The number of rotatable bonds is 4. The van der Waals surface area contributed by atoms with E-state index in [1.165, 1.54) is 0 Å². The van der Waals surface area contributed by atoms with Crippen molar-refractivity contribution in [1.29, 1.82) is 5.26 Å². The lowest BCUT2D eigenvalue weighted by Crippen LogP contribution is -2.13. The van der Waals surface area contributed by atoms with E-state index >= 15 is 0 Å². The van der Waals surface area contributed by atoms with Gasteiger partial charge in [-0.15, -0.1) is 0 Å². The standard InChI is InChI=1S/C20H16N4O/c1-14-6-8-16(9-7-14)24-20(25)19-12-17(10-11-22-19)23-18-5-3-2-4-15(18)13-21/h2-12H,1H3,(H,22,23)(H,24,25). The van der Waals surface area contributed by atoms with E-state index in [-0.39, 0.29) is 5.91 Å². The van der Waals surface area contributed by atoms with Crippen molar-refractivity contribution < 1.29 is 4.79 Å². The highest BCUT2D eigenvalue weighted by molar-refractivity contribution is 6.03. The second-order valence-electron chi connectivity index (χ2n) is 5.53. The fraction of sp³-hybridized carbons (Fsp3) is 0.0500. The highest BCUT2D eigenvalue weighted by Crippen LogP contribution is 2.20. The number of anilines is 3. The Morgan fingerprint density at radius 1 is 1.04 bits per heavy atom. The van der Waals surface area contributed by atoms with Gasteiger partial charge >= 0.3 is 0 Å². The van der Waals surface area contributed by atoms with Crippen LogP contribution in [0.15, 0.2) is 66.9 Å². The van der Waals surface area contributed by atoms with E-state index in [2.05, 4.69) is 21.7 Å². The second-order valence-corrected chi connectivity index (χ2v) is 5.53. The summed E-state index contributed by atoms with van der Waals surface area (Å²) < 4.78 is 0. The van der Waals surface area contributed by atoms with Crippen LogP contribution >= 0.6 is 0 Å². The molecule has 0 bridgehead atoms. The number of aromatic nitrogens is 1. The number of nitrogens with zero attached hydrogens (tertiary/aromatic N) is 2. The lowest BCUT2D eigenvalue weighted by atomic mass is 10.2. The fourth-order valence-electron chi connectivity index (χ4n) is 2.31. The Morgan fingerprint density at radius 3 is 2.56 bits per heavy atom. The SMILES string of the molecule is Cc1ccc(NC(=O)c2cc(Nc3ccccc3C#N)ccn2)cc1. The molecule has 1 aromatic heterocycles. The minimum Gasteiger partial charge on any atom is -0.354 e. The normalized spacial score (nSPS) is 9.92. The molecule has 0 spiro atoms. The number of amides is 1. The number of aryl methyl sites for hydroxylation is 1. The Bertz CT molecular complexity index is 942. The first kappa shape index (κ1) is 16.2. The predicted octanol–water partition coefficient (Wildman–Crippen LogP) is 4.26. The summed E-state index contributed by atoms with van der Waals surface area (Å²) in [5.41, 5.74) is 4.03. The molecule has 0 aliphatic heterocycles. The van der Waals surface area contributed by atoms with Crippen LogP contribution in [-0.2, 0) is 0 Å². The van der Waals surface area contributed by atoms with Gasteiger partial charge in [-0.2, -0.15) is 5.26 Å². The van der Waals surface area contributed by atoms with Gasteiger partial charge in [0.1, 0.15) is 11.8 Å². The number of hydrogen-bond acceptors (Lipinski definition) is 4. The lowest BCUT2D eigenvalue weighted by Gasteiger charge is -2.10. The van der Waals surface area contributed by atoms with Crippen LogP contribution < -0.4 is 10.6 Å². The van der Waals surface area contributed by atoms with Gasteiger partial charge in [0.15, 0.2) is 0 Å². The molecule has 0 aliphatic carbocycles. The Morgan fingerprint density at radius 2 is 1.80 bits per heavy atom. The highest BCUT2D eigenvalue weighted by Gasteiger charge is 2.09. The number of carbonyl (C=O) groups is 1. The van der Waals surface area contributed by atoms with Crippen LogP contribution in [0.3, 0.4) is 0 Å². The van der Waals surface area contributed by atoms with Crippen LogP contribution in [0.4, 0.5) is 17.1 Å². The number of benzene rings is 2. The molecule has 0 radical (unpaired) electrons. The average Bonchev–Trinajstić information content (AvgIpc) is 2.64. The number of nitriles is 1. The second kappa shape index (κ2) is 7.28. The van der Waals surface area contributed by atoms with Gasteiger partial charge in [0.05, 0.1) is 11.3 Å². The molecule has 3 aromatic rings. The Labute approximate surface area is 146 Å². The zero-order valence-corrected chi connectivity index (χ0v) is 13.7. The fourth-order valence-corrected chi connectivity index (χ4v) is 2.31. The number of para-hydroxylation sites is 1. The third-order valence-electron chi connectivity index (χ3n) is 3.63. The molecular weight excluding hydrogens is 312 g/mol. The average molecular weight is 328 g/mol. The van der Waals surface area contributed by atoms with Gasteiger partial charge in [0.25, 0.3) is 5.91 Å². The molecule has 0 unspecified atom stereocenters. The quantitative estimate of drug-likeness (QED) is 0.750. The molecule has 5 heteroatoms. The predicted molar refractivity (Wildman–Crippen MR) is 97.8 cm³/mol. The summed E-state index contributed by atoms with van der Waals surface area (Å²) in [5.74, 6) is -0.291. The van der Waals surface area contributed by atoms with Crippen LogP contribution in [0.1, 0.15) is 21.6 Å². The molecular formula is C20H16N4O. The molecule has 122 valence electrons. The topological polar surface area (TPSA) is 77.8 Å². The van der Waals surface area contributed by atoms with E-state index < -0.39 is 0 Å². The van der Waals surface area contributed by atoms with Crippen molar-refractivity contribution in [2.24, 2.45) is 0 Å². The molecule has 0 saturated heterocycles. The van der Waals surface area contributed by atoms with Crippen LogP contribution in [-0.4, -0.2) is 10.9 Å². The molecule has 0 atom stereocenters. The van der Waals surface area contributed by atoms with Crippen LogP contribution in [0.2, 0.25) is 0 Å². The van der Waals surface area contributed by atoms with Gasteiger partial charge in [-0.1, -0.05) is 29.8 Å². The van der Waals surface area contributed by atoms with Gasteiger partial charge in [0, 0.05) is 17.6 Å². The van der Waals surface area contributed by atoms with Crippen LogP contribution in [0.5, 0.6) is 0 Å². The maximum atomic E-state index is 12.4. The lowest BCUT2D eigenvalue weighted by molar-refractivity contribution is 0.102. The molecule has 0 fully saturated rings. The van der Waals surface area contributed by atoms with E-state index in [4.69, 9.17) is 5.26 Å². The number of hydrogen-bond donors (Lipinski definition) is 2. The summed E-state index contributed by atoms with van der Waals surface area (Å²) in [6.45, 7) is 1.99. The largest absolute Gasteiger partial charge is 0.354 e. The Hall–Kier alpha value is -3.65. The van der Waals surface area contributed by atoms with Crippen molar-refractivity contribution in [3.8, 4) is 6.07 Å². The van der Waals surface area contributed by atoms with Crippen molar-refractivity contribution in [1.82, 2.24) is 4.98 Å². The summed E-state index contributed by atoms with van der Waals surface area (Å²) in [4.78, 5) is 16.5. The molecule has 1 heterocycles. The molecule has 3 rings (SSSR count). The maximum Gasteiger partial charge on any atom is 0.274 e. The summed E-state index contributed by atoms with van der Waals surface area (Å²) in [6.07, 6.45) is 1.56. The van der Waals surface area contributed by atoms with E-state index in [1.54, 1.807) is 30.5 Å². The third-order valence-corrected chi connectivity index (χ3v) is 3.63. The van der Waals surface area contributed by atoms with Crippen LogP contribution in [0, 0.1) is 18.3 Å². The summed E-state index contributed by atoms with van der Waals surface area (Å²) in [5, 5.41) is 15.1. The van der Waals surface area contributed by atoms with Crippen molar-refractivity contribution in [2.75, 3.05) is 10.6 Å². The molecule has 0 saturated carbocycles. The van der Waals surface area contributed by atoms with Crippen molar-refractivity contribution in [3.63, 3.8) is 0 Å². The number of nitrogens with one attached hydrogen (secondary N) is 2. The van der Waals surface area contributed by atoms with Crippen LogP contribution in [0.25, 0.3) is 0 Å². The first-order valence-electron chi connectivity index (χ1n) is 7.76. The minimum atomic E-state index is -0.291. The molecule has 2 N–H and O–H groups in total. The van der Waals surface area contributed by atoms with Gasteiger partial charge in [0.2, 0.25) is 0 Å². The first-order chi connectivity index (χ1) is 12.2. The zero-order chi connectivity index (χ0) is 17.6. The van der Waals surface area contributed by atoms with Gasteiger partial charge in [-0.3, -0.25) is 9.78 Å². The van der Waals surface area contributed by atoms with E-state index in [0.29, 0.717) is 28.3 Å². The van der Waals surface area contributed by atoms with Gasteiger partial charge in [-0.05, 0) is 43.3 Å². The molecule has 1 amide bonds. The first-order valence-corrected chi connectivity index (χ1v) is 7.76. The Kier molecular flexibility index (Phi) is 4.72. The number of pyridine rings is 1. The maximum absolute atomic E-state index is 12.4. The summed E-state index contributed by atoms with van der Waals surface area (Å²) in [6, 6.07) is 20.3. The summed E-state index contributed by atoms with van der Waals surface area (Å²) in [7, 11) is 0. The number of carbonyl (C=O) groups excluding carboxylic acids is 1.